The summed E-state index contributed by atoms with van der Waals surface area (Å²) in [6, 6.07) is 2.43. The minimum atomic E-state index is 0.258. The van der Waals surface area contributed by atoms with Crippen LogP contribution in [-0.4, -0.2) is 24.7 Å². The van der Waals surface area contributed by atoms with Crippen LogP contribution >= 0.6 is 0 Å². The Bertz CT molecular complexity index is 315. The summed E-state index contributed by atoms with van der Waals surface area (Å²) in [4.78, 5) is 4.25. The number of nitrogens with one attached hydrogen (secondary N) is 1. The van der Waals surface area contributed by atoms with Gasteiger partial charge in [-0.15, -0.1) is 0 Å². The molecule has 17 heavy (non-hydrogen) atoms. The Labute approximate surface area is 105 Å². The molecule has 1 atom stereocenters. The Balaban J connectivity index is 2.60. The van der Waals surface area contributed by atoms with Crippen LogP contribution in [0.4, 0.5) is 0 Å². The van der Waals surface area contributed by atoms with Crippen molar-refractivity contribution in [1.82, 2.24) is 10.3 Å². The van der Waals surface area contributed by atoms with E-state index in [1.165, 1.54) is 11.1 Å². The van der Waals surface area contributed by atoms with Crippen molar-refractivity contribution in [3.8, 4) is 0 Å². The number of aryl methyl sites for hydroxylation is 1. The van der Waals surface area contributed by atoms with Crippen LogP contribution < -0.4 is 5.32 Å². The average molecular weight is 236 g/mol. The fourth-order valence-electron chi connectivity index (χ4n) is 1.71. The zero-order valence-electron chi connectivity index (χ0n) is 11.2. The van der Waals surface area contributed by atoms with Gasteiger partial charge in [0.1, 0.15) is 0 Å². The van der Waals surface area contributed by atoms with E-state index in [4.69, 9.17) is 4.74 Å². The summed E-state index contributed by atoms with van der Waals surface area (Å²) in [5.74, 6) is 0. The van der Waals surface area contributed by atoms with Crippen LogP contribution in [0.2, 0.25) is 0 Å². The zero-order valence-corrected chi connectivity index (χ0v) is 11.2. The molecule has 0 aromatic carbocycles. The first-order chi connectivity index (χ1) is 8.27. The fourth-order valence-corrected chi connectivity index (χ4v) is 1.71. The number of pyridine rings is 1. The van der Waals surface area contributed by atoms with E-state index in [-0.39, 0.29) is 6.04 Å². The summed E-state index contributed by atoms with van der Waals surface area (Å²) in [6.07, 6.45) is 6.00. The highest BCUT2D eigenvalue weighted by Crippen LogP contribution is 2.13. The van der Waals surface area contributed by atoms with Crippen molar-refractivity contribution in [2.75, 3.05) is 19.8 Å². The van der Waals surface area contributed by atoms with E-state index >= 15 is 0 Å². The van der Waals surface area contributed by atoms with E-state index < -0.39 is 0 Å². The first-order valence-electron chi connectivity index (χ1n) is 6.50. The van der Waals surface area contributed by atoms with Gasteiger partial charge in [-0.3, -0.25) is 4.98 Å². The molecule has 0 aliphatic heterocycles. The van der Waals surface area contributed by atoms with Gasteiger partial charge < -0.3 is 10.1 Å². The topological polar surface area (TPSA) is 34.1 Å². The van der Waals surface area contributed by atoms with Crippen LogP contribution in [0.25, 0.3) is 0 Å². The molecule has 0 radical (unpaired) electrons. The van der Waals surface area contributed by atoms with E-state index in [2.05, 4.69) is 37.1 Å². The Morgan fingerprint density at radius 1 is 1.29 bits per heavy atom. The van der Waals surface area contributed by atoms with Gasteiger partial charge in [0.15, 0.2) is 0 Å². The van der Waals surface area contributed by atoms with E-state index in [1.54, 1.807) is 0 Å². The SMILES string of the molecule is CCCNC(COCCC)c1cncc(C)c1. The number of hydrogen-bond donors (Lipinski definition) is 1. The lowest BCUT2D eigenvalue weighted by molar-refractivity contribution is 0.112. The van der Waals surface area contributed by atoms with E-state index in [9.17, 15) is 0 Å². The van der Waals surface area contributed by atoms with Gasteiger partial charge >= 0.3 is 0 Å². The molecule has 1 unspecified atom stereocenters. The van der Waals surface area contributed by atoms with Crippen LogP contribution in [0.15, 0.2) is 18.5 Å². The van der Waals surface area contributed by atoms with Crippen molar-refractivity contribution in [2.24, 2.45) is 0 Å². The summed E-state index contributed by atoms with van der Waals surface area (Å²) >= 11 is 0. The highest BCUT2D eigenvalue weighted by molar-refractivity contribution is 5.20. The summed E-state index contributed by atoms with van der Waals surface area (Å²) in [5, 5.41) is 3.51. The third kappa shape index (κ3) is 5.29. The Kier molecular flexibility index (Phi) is 6.82. The molecule has 1 aromatic heterocycles. The molecule has 0 fully saturated rings. The standard InChI is InChI=1S/C14H24N2O/c1-4-6-16-14(11-17-7-5-2)13-8-12(3)9-15-10-13/h8-10,14,16H,4-7,11H2,1-3H3. The van der Waals surface area contributed by atoms with Gasteiger partial charge in [0.05, 0.1) is 12.6 Å². The number of nitrogens with zero attached hydrogens (tertiary/aromatic N) is 1. The molecular formula is C14H24N2O. The molecule has 0 bridgehead atoms. The molecule has 0 spiro atoms. The maximum atomic E-state index is 5.65. The van der Waals surface area contributed by atoms with Gasteiger partial charge in [0, 0.05) is 19.0 Å². The Morgan fingerprint density at radius 2 is 2.12 bits per heavy atom. The quantitative estimate of drug-likeness (QED) is 0.705. The van der Waals surface area contributed by atoms with Crippen LogP contribution in [0.5, 0.6) is 0 Å². The predicted molar refractivity (Wildman–Crippen MR) is 71.1 cm³/mol. The molecule has 3 heteroatoms. The average Bonchev–Trinajstić information content (AvgIpc) is 2.33. The second-order valence-corrected chi connectivity index (χ2v) is 4.38. The highest BCUT2D eigenvalue weighted by Gasteiger charge is 2.11. The smallest absolute Gasteiger partial charge is 0.0662 e. The predicted octanol–water partition coefficient (Wildman–Crippen LogP) is 2.86. The summed E-state index contributed by atoms with van der Waals surface area (Å²) < 4.78 is 5.65. The molecule has 0 amide bonds. The lowest BCUT2D eigenvalue weighted by Gasteiger charge is -2.19. The van der Waals surface area contributed by atoms with Crippen molar-refractivity contribution in [3.05, 3.63) is 29.6 Å². The lowest BCUT2D eigenvalue weighted by atomic mass is 10.1. The summed E-state index contributed by atoms with van der Waals surface area (Å²) in [7, 11) is 0. The Morgan fingerprint density at radius 3 is 2.76 bits per heavy atom. The first kappa shape index (κ1) is 14.1. The molecule has 1 heterocycles. The molecule has 0 saturated heterocycles. The van der Waals surface area contributed by atoms with Crippen LogP contribution in [0.3, 0.4) is 0 Å². The second kappa shape index (κ2) is 8.20. The molecule has 0 aliphatic rings. The molecule has 0 aliphatic carbocycles. The largest absolute Gasteiger partial charge is 0.379 e. The molecule has 0 saturated carbocycles. The number of ether oxygens (including phenoxy) is 1. The van der Waals surface area contributed by atoms with Gasteiger partial charge in [-0.2, -0.15) is 0 Å². The van der Waals surface area contributed by atoms with Crippen LogP contribution in [0, 0.1) is 6.92 Å². The van der Waals surface area contributed by atoms with E-state index in [0.717, 1.165) is 32.6 Å². The van der Waals surface area contributed by atoms with Crippen molar-refractivity contribution < 1.29 is 4.74 Å². The highest BCUT2D eigenvalue weighted by atomic mass is 16.5. The number of rotatable bonds is 8. The van der Waals surface area contributed by atoms with Gasteiger partial charge in [-0.05, 0) is 37.4 Å². The second-order valence-electron chi connectivity index (χ2n) is 4.38. The van der Waals surface area contributed by atoms with Crippen molar-refractivity contribution >= 4 is 0 Å². The molecule has 1 aromatic rings. The third-order valence-electron chi connectivity index (χ3n) is 2.57. The fraction of sp³-hybridized carbons (Fsp3) is 0.643. The minimum absolute atomic E-state index is 0.258. The van der Waals surface area contributed by atoms with Gasteiger partial charge in [-0.1, -0.05) is 19.9 Å². The molecule has 1 rings (SSSR count). The van der Waals surface area contributed by atoms with Crippen LogP contribution in [-0.2, 0) is 4.74 Å². The van der Waals surface area contributed by atoms with Crippen LogP contribution in [0.1, 0.15) is 43.9 Å². The van der Waals surface area contributed by atoms with Crippen molar-refractivity contribution in [1.29, 1.82) is 0 Å². The van der Waals surface area contributed by atoms with E-state index in [1.807, 2.05) is 12.4 Å². The maximum Gasteiger partial charge on any atom is 0.0662 e. The third-order valence-corrected chi connectivity index (χ3v) is 2.57. The van der Waals surface area contributed by atoms with Gasteiger partial charge in [0.25, 0.3) is 0 Å². The first-order valence-corrected chi connectivity index (χ1v) is 6.50. The molecule has 3 nitrogen and oxygen atoms in total. The molecular weight excluding hydrogens is 212 g/mol. The lowest BCUT2D eigenvalue weighted by Crippen LogP contribution is -2.26. The normalized spacial score (nSPS) is 12.6. The number of hydrogen-bond acceptors (Lipinski definition) is 3. The number of aromatic nitrogens is 1. The Hall–Kier alpha value is -0.930. The van der Waals surface area contributed by atoms with E-state index in [0.29, 0.717) is 0 Å². The zero-order chi connectivity index (χ0) is 12.5. The van der Waals surface area contributed by atoms with Gasteiger partial charge in [0.2, 0.25) is 0 Å². The summed E-state index contributed by atoms with van der Waals surface area (Å²) in [5.41, 5.74) is 2.41. The minimum Gasteiger partial charge on any atom is -0.379 e. The molecule has 96 valence electrons. The maximum absolute atomic E-state index is 5.65. The van der Waals surface area contributed by atoms with Gasteiger partial charge in [-0.25, -0.2) is 0 Å². The molecule has 1 N–H and O–H groups in total. The van der Waals surface area contributed by atoms with Crippen molar-refractivity contribution in [3.63, 3.8) is 0 Å². The monoisotopic (exact) mass is 236 g/mol. The van der Waals surface area contributed by atoms with Crippen molar-refractivity contribution in [2.45, 2.75) is 39.7 Å². The summed E-state index contributed by atoms with van der Waals surface area (Å²) in [6.45, 7) is 8.92.